The van der Waals surface area contributed by atoms with Gasteiger partial charge in [0.15, 0.2) is 0 Å². The molecule has 6 heteroatoms. The van der Waals surface area contributed by atoms with E-state index >= 15 is 0 Å². The Morgan fingerprint density at radius 2 is 2.00 bits per heavy atom. The molecule has 2 aliphatic rings. The molecule has 2 N–H and O–H groups in total. The van der Waals surface area contributed by atoms with Crippen molar-refractivity contribution in [2.45, 2.75) is 31.3 Å². The van der Waals surface area contributed by atoms with Crippen LogP contribution in [-0.2, 0) is 17.8 Å². The summed E-state index contributed by atoms with van der Waals surface area (Å²) >= 11 is 12.2. The highest BCUT2D eigenvalue weighted by Crippen LogP contribution is 2.37. The van der Waals surface area contributed by atoms with Crippen LogP contribution in [0, 0.1) is 0 Å². The fourth-order valence-electron chi connectivity index (χ4n) is 2.42. The Kier molecular flexibility index (Phi) is 4.03. The second-order valence-electron chi connectivity index (χ2n) is 5.16. The Balaban J connectivity index is 0.00000133. The number of carbonyl (C=O) groups excluding carboxylic acids is 1. The van der Waals surface area contributed by atoms with Gasteiger partial charge in [0.1, 0.15) is 0 Å². The van der Waals surface area contributed by atoms with Crippen LogP contribution in [0.5, 0.6) is 0 Å². The minimum atomic E-state index is -0.601. The predicted molar refractivity (Wildman–Crippen MR) is 79.0 cm³/mol. The van der Waals surface area contributed by atoms with E-state index in [4.69, 9.17) is 28.9 Å². The molecule has 0 aromatic heterocycles. The van der Waals surface area contributed by atoms with Gasteiger partial charge in [-0.3, -0.25) is 4.79 Å². The van der Waals surface area contributed by atoms with Crippen molar-refractivity contribution in [1.29, 1.82) is 0 Å². The number of benzene rings is 1. The van der Waals surface area contributed by atoms with Gasteiger partial charge in [-0.2, -0.15) is 0 Å². The van der Waals surface area contributed by atoms with Crippen molar-refractivity contribution in [2.24, 2.45) is 5.73 Å². The quantitative estimate of drug-likeness (QED) is 0.864. The summed E-state index contributed by atoms with van der Waals surface area (Å²) in [5, 5.41) is 1.29. The van der Waals surface area contributed by atoms with Gasteiger partial charge in [0.05, 0.1) is 5.54 Å². The van der Waals surface area contributed by atoms with E-state index in [-0.39, 0.29) is 18.3 Å². The summed E-state index contributed by atoms with van der Waals surface area (Å²) in [7, 11) is 0. The highest BCUT2D eigenvalue weighted by molar-refractivity contribution is 6.35. The molecule has 1 aromatic carbocycles. The van der Waals surface area contributed by atoms with Crippen LogP contribution in [0.25, 0.3) is 0 Å². The van der Waals surface area contributed by atoms with Crippen molar-refractivity contribution in [3.8, 4) is 0 Å². The molecule has 1 aromatic rings. The lowest BCUT2D eigenvalue weighted by atomic mass is 9.99. The first-order chi connectivity index (χ1) is 8.49. The van der Waals surface area contributed by atoms with Gasteiger partial charge in [-0.1, -0.05) is 23.2 Å². The van der Waals surface area contributed by atoms with Crippen LogP contribution >= 0.6 is 35.6 Å². The van der Waals surface area contributed by atoms with Gasteiger partial charge in [0.25, 0.3) is 0 Å². The third kappa shape index (κ3) is 2.70. The lowest BCUT2D eigenvalue weighted by Crippen LogP contribution is -2.47. The molecule has 3 rings (SSSR count). The van der Waals surface area contributed by atoms with Crippen LogP contribution in [0.1, 0.15) is 24.0 Å². The molecule has 0 saturated heterocycles. The molecule has 0 unspecified atom stereocenters. The molecular formula is C13H15Cl3N2O. The first-order valence-corrected chi connectivity index (χ1v) is 6.80. The SMILES string of the molecule is Cl.NC1(C(=O)N2CCc3cc(Cl)cc(Cl)c3C2)CC1. The van der Waals surface area contributed by atoms with Crippen molar-refractivity contribution in [2.75, 3.05) is 6.54 Å². The third-order valence-corrected chi connectivity index (χ3v) is 4.31. The summed E-state index contributed by atoms with van der Waals surface area (Å²) in [5.74, 6) is 0.0548. The van der Waals surface area contributed by atoms with E-state index in [1.54, 1.807) is 6.07 Å². The van der Waals surface area contributed by atoms with Gasteiger partial charge in [-0.25, -0.2) is 0 Å². The van der Waals surface area contributed by atoms with E-state index < -0.39 is 5.54 Å². The van der Waals surface area contributed by atoms with E-state index in [1.165, 1.54) is 0 Å². The van der Waals surface area contributed by atoms with Crippen LogP contribution < -0.4 is 5.73 Å². The van der Waals surface area contributed by atoms with Crippen LogP contribution in [0.3, 0.4) is 0 Å². The van der Waals surface area contributed by atoms with Gasteiger partial charge in [0, 0.05) is 23.1 Å². The van der Waals surface area contributed by atoms with Gasteiger partial charge in [-0.05, 0) is 42.5 Å². The smallest absolute Gasteiger partial charge is 0.242 e. The minimum absolute atomic E-state index is 0. The monoisotopic (exact) mass is 320 g/mol. The van der Waals surface area contributed by atoms with E-state index in [2.05, 4.69) is 0 Å². The molecule has 0 atom stereocenters. The van der Waals surface area contributed by atoms with Crippen molar-refractivity contribution in [1.82, 2.24) is 4.90 Å². The first-order valence-electron chi connectivity index (χ1n) is 6.05. The van der Waals surface area contributed by atoms with Crippen LogP contribution in [0.15, 0.2) is 12.1 Å². The Morgan fingerprint density at radius 1 is 1.32 bits per heavy atom. The predicted octanol–water partition coefficient (Wildman–Crippen LogP) is 2.79. The summed E-state index contributed by atoms with van der Waals surface area (Å²) in [5.41, 5.74) is 7.50. The van der Waals surface area contributed by atoms with E-state index in [9.17, 15) is 4.79 Å². The average Bonchev–Trinajstić information content (AvgIpc) is 3.07. The van der Waals surface area contributed by atoms with Crippen LogP contribution in [-0.4, -0.2) is 22.9 Å². The Hall–Kier alpha value is -0.480. The van der Waals surface area contributed by atoms with Crippen LogP contribution in [0.2, 0.25) is 10.0 Å². The van der Waals surface area contributed by atoms with E-state index in [1.807, 2.05) is 11.0 Å². The number of hydrogen-bond donors (Lipinski definition) is 1. The summed E-state index contributed by atoms with van der Waals surface area (Å²) in [6.07, 6.45) is 2.38. The molecule has 104 valence electrons. The highest BCUT2D eigenvalue weighted by Gasteiger charge is 2.48. The van der Waals surface area contributed by atoms with Crippen molar-refractivity contribution in [3.05, 3.63) is 33.3 Å². The van der Waals surface area contributed by atoms with Gasteiger partial charge >= 0.3 is 0 Å². The second-order valence-corrected chi connectivity index (χ2v) is 6.00. The maximum Gasteiger partial charge on any atom is 0.242 e. The molecule has 1 aliphatic heterocycles. The molecule has 0 spiro atoms. The summed E-state index contributed by atoms with van der Waals surface area (Å²) in [6.45, 7) is 1.24. The fraction of sp³-hybridized carbons (Fsp3) is 0.462. The van der Waals surface area contributed by atoms with Gasteiger partial charge < -0.3 is 10.6 Å². The molecule has 0 bridgehead atoms. The van der Waals surface area contributed by atoms with Crippen molar-refractivity contribution in [3.63, 3.8) is 0 Å². The maximum atomic E-state index is 12.2. The number of halogens is 3. The molecule has 1 fully saturated rings. The summed E-state index contributed by atoms with van der Waals surface area (Å²) < 4.78 is 0. The lowest BCUT2D eigenvalue weighted by Gasteiger charge is -2.31. The van der Waals surface area contributed by atoms with Gasteiger partial charge in [0.2, 0.25) is 5.91 Å². The number of nitrogens with zero attached hydrogens (tertiary/aromatic N) is 1. The fourth-order valence-corrected chi connectivity index (χ4v) is 3.01. The zero-order valence-electron chi connectivity index (χ0n) is 10.3. The molecule has 0 radical (unpaired) electrons. The number of hydrogen-bond acceptors (Lipinski definition) is 2. The van der Waals surface area contributed by atoms with Crippen molar-refractivity contribution >= 4 is 41.5 Å². The maximum absolute atomic E-state index is 12.2. The summed E-state index contributed by atoms with van der Waals surface area (Å²) in [4.78, 5) is 14.0. The largest absolute Gasteiger partial charge is 0.336 e. The molecule has 3 nitrogen and oxygen atoms in total. The summed E-state index contributed by atoms with van der Waals surface area (Å²) in [6, 6.07) is 3.66. The molecule has 19 heavy (non-hydrogen) atoms. The third-order valence-electron chi connectivity index (χ3n) is 3.75. The van der Waals surface area contributed by atoms with Crippen molar-refractivity contribution < 1.29 is 4.79 Å². The molecule has 1 saturated carbocycles. The number of amides is 1. The number of carbonyl (C=O) groups is 1. The Morgan fingerprint density at radius 3 is 2.63 bits per heavy atom. The minimum Gasteiger partial charge on any atom is -0.336 e. The molecule has 1 heterocycles. The molecular weight excluding hydrogens is 307 g/mol. The zero-order chi connectivity index (χ0) is 12.9. The average molecular weight is 322 g/mol. The zero-order valence-corrected chi connectivity index (χ0v) is 12.6. The Labute approximate surface area is 128 Å². The standard InChI is InChI=1S/C13H14Cl2N2O.ClH/c14-9-5-8-1-4-17(7-10(8)11(15)6-9)12(18)13(16)2-3-13;/h5-6H,1-4,7,16H2;1H. The highest BCUT2D eigenvalue weighted by atomic mass is 35.5. The Bertz CT molecular complexity index is 529. The first kappa shape index (κ1) is 14.9. The lowest BCUT2D eigenvalue weighted by molar-refractivity contribution is -0.134. The number of nitrogens with two attached hydrogens (primary N) is 1. The van der Waals surface area contributed by atoms with E-state index in [0.717, 1.165) is 30.4 Å². The molecule has 1 amide bonds. The topological polar surface area (TPSA) is 46.3 Å². The molecule has 1 aliphatic carbocycles. The van der Waals surface area contributed by atoms with Crippen LogP contribution in [0.4, 0.5) is 0 Å². The van der Waals surface area contributed by atoms with E-state index in [0.29, 0.717) is 23.1 Å². The number of rotatable bonds is 1. The number of fused-ring (bicyclic) bond motifs is 1. The second kappa shape index (κ2) is 5.13. The van der Waals surface area contributed by atoms with Gasteiger partial charge in [-0.15, -0.1) is 12.4 Å². The normalized spacial score (nSPS) is 19.4.